The van der Waals surface area contributed by atoms with Gasteiger partial charge in [-0.05, 0) is 25.0 Å². The van der Waals surface area contributed by atoms with Crippen molar-refractivity contribution in [2.75, 3.05) is 19.7 Å². The molecule has 0 bridgehead atoms. The molecule has 164 valence electrons. The molecule has 2 atom stereocenters. The zero-order chi connectivity index (χ0) is 21.7. The molecule has 1 aliphatic heterocycles. The summed E-state index contributed by atoms with van der Waals surface area (Å²) in [5.41, 5.74) is 1.46. The zero-order valence-corrected chi connectivity index (χ0v) is 18.9. The molecule has 0 spiro atoms. The van der Waals surface area contributed by atoms with Gasteiger partial charge in [0.15, 0.2) is 0 Å². The van der Waals surface area contributed by atoms with Crippen molar-refractivity contribution in [3.05, 3.63) is 24.3 Å². The molecule has 1 saturated heterocycles. The Bertz CT molecular complexity index is 882. The van der Waals surface area contributed by atoms with Gasteiger partial charge in [0.25, 0.3) is 0 Å². The van der Waals surface area contributed by atoms with Crippen molar-refractivity contribution < 1.29 is 19.4 Å². The van der Waals surface area contributed by atoms with E-state index in [2.05, 4.69) is 34.9 Å². The summed E-state index contributed by atoms with van der Waals surface area (Å²) in [6, 6.07) is 2.65. The highest BCUT2D eigenvalue weighted by molar-refractivity contribution is 6.76. The van der Waals surface area contributed by atoms with E-state index in [0.717, 1.165) is 36.5 Å². The molecular weight excluding hydrogens is 402 g/mol. The molecule has 1 fully saturated rings. The molecule has 30 heavy (non-hydrogen) atoms. The minimum Gasteiger partial charge on any atom is -0.465 e. The highest BCUT2D eigenvalue weighted by Gasteiger charge is 2.32. The molecular formula is C20H31N5O4Si. The second kappa shape index (κ2) is 9.56. The van der Waals surface area contributed by atoms with Crippen LogP contribution < -0.4 is 5.32 Å². The van der Waals surface area contributed by atoms with Crippen LogP contribution in [0.25, 0.3) is 11.0 Å². The third-order valence-corrected chi connectivity index (χ3v) is 7.26. The number of carbonyl (C=O) groups is 2. The number of carbonyl (C=O) groups excluding carboxylic acids is 1. The summed E-state index contributed by atoms with van der Waals surface area (Å²) in [5.74, 6) is -0.0468. The van der Waals surface area contributed by atoms with E-state index in [-0.39, 0.29) is 12.0 Å². The normalized spacial score (nSPS) is 18.4. The average Bonchev–Trinajstić information content (AvgIpc) is 3.12. The highest BCUT2D eigenvalue weighted by Crippen LogP contribution is 2.32. The number of hydrogen-bond acceptors (Lipinski definition) is 5. The molecule has 2 unspecified atom stereocenters. The molecule has 2 aromatic heterocycles. The lowest BCUT2D eigenvalue weighted by atomic mass is 9.88. The van der Waals surface area contributed by atoms with E-state index < -0.39 is 14.2 Å². The molecule has 0 aromatic carbocycles. The third kappa shape index (κ3) is 5.36. The van der Waals surface area contributed by atoms with Gasteiger partial charge in [-0.25, -0.2) is 14.8 Å². The molecule has 2 aromatic rings. The van der Waals surface area contributed by atoms with Crippen LogP contribution in [0.2, 0.25) is 25.7 Å². The van der Waals surface area contributed by atoms with Gasteiger partial charge >= 0.3 is 6.09 Å². The number of carboxylic acid groups (broad SMARTS) is 1. The first kappa shape index (κ1) is 22.2. The number of nitrogens with one attached hydrogen (secondary N) is 1. The minimum absolute atomic E-state index is 0.0468. The molecule has 3 rings (SSSR count). The van der Waals surface area contributed by atoms with Crippen LogP contribution >= 0.6 is 0 Å². The number of piperidine rings is 1. The maximum atomic E-state index is 11.4. The molecule has 2 amide bonds. The van der Waals surface area contributed by atoms with Gasteiger partial charge in [0, 0.05) is 45.3 Å². The largest absolute Gasteiger partial charge is 0.465 e. The molecule has 0 saturated carbocycles. The first-order valence-electron chi connectivity index (χ1n) is 10.3. The van der Waals surface area contributed by atoms with Gasteiger partial charge in [-0.1, -0.05) is 19.6 Å². The molecule has 0 aliphatic carbocycles. The molecule has 2 N–H and O–H groups in total. The van der Waals surface area contributed by atoms with Crippen LogP contribution in [0.1, 0.15) is 24.6 Å². The Morgan fingerprint density at radius 1 is 1.43 bits per heavy atom. The Hall–Kier alpha value is -2.46. The maximum absolute atomic E-state index is 11.4. The first-order valence-corrected chi connectivity index (χ1v) is 14.1. The summed E-state index contributed by atoms with van der Waals surface area (Å²) >= 11 is 0. The van der Waals surface area contributed by atoms with Crippen LogP contribution in [0.4, 0.5) is 4.79 Å². The Morgan fingerprint density at radius 2 is 2.23 bits per heavy atom. The standard InChI is InChI=1S/C20H31N5O4Si/c1-30(2,3)10-9-29-14-25-8-6-16-18(21-12-22-19(16)25)17(23-13-26)15-5-4-7-24(11-15)20(27)28/h6,8,12-13,15,17H,4-5,7,9-11,14H2,1-3H3,(H,23,26)(H,27,28). The van der Waals surface area contributed by atoms with E-state index in [0.29, 0.717) is 31.9 Å². The number of rotatable bonds is 9. The van der Waals surface area contributed by atoms with E-state index in [1.54, 1.807) is 0 Å². The summed E-state index contributed by atoms with van der Waals surface area (Å²) in [6.45, 7) is 8.96. The van der Waals surface area contributed by atoms with Gasteiger partial charge in [0.1, 0.15) is 18.7 Å². The topological polar surface area (TPSA) is 110 Å². The Morgan fingerprint density at radius 3 is 2.93 bits per heavy atom. The van der Waals surface area contributed by atoms with Crippen LogP contribution in [0.3, 0.4) is 0 Å². The van der Waals surface area contributed by atoms with Crippen LogP contribution in [-0.4, -0.2) is 64.8 Å². The van der Waals surface area contributed by atoms with Gasteiger partial charge in [-0.3, -0.25) is 4.79 Å². The minimum atomic E-state index is -1.15. The Labute approximate surface area is 177 Å². The van der Waals surface area contributed by atoms with Gasteiger partial charge in [0.05, 0.1) is 11.7 Å². The third-order valence-electron chi connectivity index (χ3n) is 5.56. The Kier molecular flexibility index (Phi) is 7.09. The van der Waals surface area contributed by atoms with Crippen molar-refractivity contribution >= 4 is 31.6 Å². The smallest absolute Gasteiger partial charge is 0.407 e. The number of nitrogens with zero attached hydrogens (tertiary/aromatic N) is 4. The van der Waals surface area contributed by atoms with E-state index >= 15 is 0 Å². The summed E-state index contributed by atoms with van der Waals surface area (Å²) in [6.07, 6.45) is 4.72. The fraction of sp³-hybridized carbons (Fsp3) is 0.600. The maximum Gasteiger partial charge on any atom is 0.407 e. The predicted octanol–water partition coefficient (Wildman–Crippen LogP) is 2.92. The van der Waals surface area contributed by atoms with Gasteiger partial charge < -0.3 is 24.6 Å². The lowest BCUT2D eigenvalue weighted by molar-refractivity contribution is -0.110. The number of hydrogen-bond donors (Lipinski definition) is 2. The molecule has 3 heterocycles. The Balaban J connectivity index is 1.80. The highest BCUT2D eigenvalue weighted by atomic mass is 28.3. The number of aromatic nitrogens is 3. The number of likely N-dealkylation sites (tertiary alicyclic amines) is 1. The van der Waals surface area contributed by atoms with Crippen LogP contribution in [0.15, 0.2) is 18.6 Å². The summed E-state index contributed by atoms with van der Waals surface area (Å²) in [7, 11) is -1.15. The van der Waals surface area contributed by atoms with E-state index in [4.69, 9.17) is 4.74 Å². The fourth-order valence-corrected chi connectivity index (χ4v) is 4.64. The SMILES string of the molecule is C[Si](C)(C)CCOCn1ccc2c(C(NC=O)C3CCCN(C(=O)O)C3)ncnc21. The van der Waals surface area contributed by atoms with Crippen molar-refractivity contribution in [1.82, 2.24) is 24.8 Å². The van der Waals surface area contributed by atoms with Crippen molar-refractivity contribution in [2.45, 2.75) is 51.3 Å². The fourth-order valence-electron chi connectivity index (χ4n) is 3.88. The quantitative estimate of drug-likeness (QED) is 0.357. The van der Waals surface area contributed by atoms with Gasteiger partial charge in [0.2, 0.25) is 6.41 Å². The van der Waals surface area contributed by atoms with E-state index in [1.165, 1.54) is 11.2 Å². The number of fused-ring (bicyclic) bond motifs is 1. The van der Waals surface area contributed by atoms with Crippen LogP contribution in [0, 0.1) is 5.92 Å². The van der Waals surface area contributed by atoms with E-state index in [1.807, 2.05) is 16.8 Å². The summed E-state index contributed by atoms with van der Waals surface area (Å²) in [4.78, 5) is 33.0. The van der Waals surface area contributed by atoms with Crippen LogP contribution in [-0.2, 0) is 16.3 Å². The summed E-state index contributed by atoms with van der Waals surface area (Å²) < 4.78 is 7.80. The monoisotopic (exact) mass is 433 g/mol. The summed E-state index contributed by atoms with van der Waals surface area (Å²) in [5, 5.41) is 13.1. The van der Waals surface area contributed by atoms with Gasteiger partial charge in [-0.15, -0.1) is 0 Å². The van der Waals surface area contributed by atoms with Gasteiger partial charge in [-0.2, -0.15) is 0 Å². The molecule has 9 nitrogen and oxygen atoms in total. The lowest BCUT2D eigenvalue weighted by Gasteiger charge is -2.35. The molecule has 10 heteroatoms. The average molecular weight is 434 g/mol. The van der Waals surface area contributed by atoms with Crippen molar-refractivity contribution in [3.8, 4) is 0 Å². The number of amides is 2. The second-order valence-corrected chi connectivity index (χ2v) is 14.6. The van der Waals surface area contributed by atoms with Crippen LogP contribution in [0.5, 0.6) is 0 Å². The first-order chi connectivity index (χ1) is 14.3. The number of ether oxygens (including phenoxy) is 1. The van der Waals surface area contributed by atoms with Crippen molar-refractivity contribution in [3.63, 3.8) is 0 Å². The lowest BCUT2D eigenvalue weighted by Crippen LogP contribution is -2.43. The van der Waals surface area contributed by atoms with E-state index in [9.17, 15) is 14.7 Å². The van der Waals surface area contributed by atoms with Crippen molar-refractivity contribution in [1.29, 1.82) is 0 Å². The van der Waals surface area contributed by atoms with Crippen molar-refractivity contribution in [2.24, 2.45) is 5.92 Å². The molecule has 1 aliphatic rings. The second-order valence-electron chi connectivity index (χ2n) is 9.02. The zero-order valence-electron chi connectivity index (χ0n) is 17.9. The molecule has 0 radical (unpaired) electrons. The predicted molar refractivity (Wildman–Crippen MR) is 116 cm³/mol.